The molecule has 0 radical (unpaired) electrons. The van der Waals surface area contributed by atoms with E-state index in [1.54, 1.807) is 6.92 Å². The molecular weight excluding hydrogens is 274 g/mol. The van der Waals surface area contributed by atoms with Crippen molar-refractivity contribution in [3.05, 3.63) is 60.2 Å². The van der Waals surface area contributed by atoms with Crippen LogP contribution in [0.1, 0.15) is 32.3 Å². The quantitative estimate of drug-likeness (QED) is 0.846. The lowest BCUT2D eigenvalue weighted by Gasteiger charge is -2.32. The fourth-order valence-electron chi connectivity index (χ4n) is 2.87. The van der Waals surface area contributed by atoms with Crippen molar-refractivity contribution >= 4 is 5.97 Å². The summed E-state index contributed by atoms with van der Waals surface area (Å²) in [5, 5.41) is 9.22. The van der Waals surface area contributed by atoms with Crippen LogP contribution in [0.4, 0.5) is 0 Å². The summed E-state index contributed by atoms with van der Waals surface area (Å²) < 4.78 is 0. The van der Waals surface area contributed by atoms with Crippen LogP contribution in [0.3, 0.4) is 0 Å². The first-order valence-corrected chi connectivity index (χ1v) is 7.64. The highest BCUT2D eigenvalue weighted by Gasteiger charge is 2.32. The third kappa shape index (κ3) is 3.37. The summed E-state index contributed by atoms with van der Waals surface area (Å²) in [6, 6.07) is 18.1. The van der Waals surface area contributed by atoms with Gasteiger partial charge in [0.15, 0.2) is 0 Å². The van der Waals surface area contributed by atoms with Crippen molar-refractivity contribution in [2.24, 2.45) is 11.7 Å². The molecule has 2 unspecified atom stereocenters. The van der Waals surface area contributed by atoms with Gasteiger partial charge in [0.1, 0.15) is 0 Å². The molecule has 0 heterocycles. The Labute approximate surface area is 131 Å². The maximum Gasteiger partial charge on any atom is 0.306 e. The van der Waals surface area contributed by atoms with Crippen molar-refractivity contribution in [1.82, 2.24) is 0 Å². The lowest BCUT2D eigenvalue weighted by Crippen LogP contribution is -2.39. The predicted octanol–water partition coefficient (Wildman–Crippen LogP) is 4.03. The Morgan fingerprint density at radius 2 is 1.73 bits per heavy atom. The molecule has 0 bridgehead atoms. The Morgan fingerprint density at radius 1 is 1.14 bits per heavy atom. The number of aliphatic carboxylic acids is 1. The van der Waals surface area contributed by atoms with Crippen LogP contribution in [0.15, 0.2) is 54.6 Å². The summed E-state index contributed by atoms with van der Waals surface area (Å²) in [7, 11) is 0. The topological polar surface area (TPSA) is 63.3 Å². The third-order valence-electron chi connectivity index (χ3n) is 4.27. The molecule has 0 aliphatic heterocycles. The number of carbonyl (C=O) groups is 1. The van der Waals surface area contributed by atoms with Gasteiger partial charge in [-0.1, -0.05) is 68.4 Å². The highest BCUT2D eigenvalue weighted by molar-refractivity contribution is 5.71. The molecule has 3 nitrogen and oxygen atoms in total. The minimum absolute atomic E-state index is 0.419. The molecule has 0 aliphatic carbocycles. The van der Waals surface area contributed by atoms with Crippen molar-refractivity contribution in [3.63, 3.8) is 0 Å². The van der Waals surface area contributed by atoms with Crippen molar-refractivity contribution < 1.29 is 9.90 Å². The van der Waals surface area contributed by atoms with Crippen molar-refractivity contribution in [2.45, 2.75) is 32.2 Å². The van der Waals surface area contributed by atoms with Crippen LogP contribution in [0.2, 0.25) is 0 Å². The molecule has 0 aromatic heterocycles. The average Bonchev–Trinajstić information content (AvgIpc) is 2.55. The zero-order valence-corrected chi connectivity index (χ0v) is 13.1. The smallest absolute Gasteiger partial charge is 0.306 e. The van der Waals surface area contributed by atoms with Gasteiger partial charge in [-0.2, -0.15) is 0 Å². The van der Waals surface area contributed by atoms with E-state index in [4.69, 9.17) is 5.73 Å². The second-order valence-electron chi connectivity index (χ2n) is 5.86. The van der Waals surface area contributed by atoms with Crippen LogP contribution in [0.5, 0.6) is 0 Å². The fraction of sp³-hybridized carbons (Fsp3) is 0.316. The number of rotatable bonds is 6. The Morgan fingerprint density at radius 3 is 2.32 bits per heavy atom. The van der Waals surface area contributed by atoms with Gasteiger partial charge >= 0.3 is 5.97 Å². The van der Waals surface area contributed by atoms with Gasteiger partial charge in [-0.05, 0) is 29.5 Å². The van der Waals surface area contributed by atoms with E-state index in [2.05, 4.69) is 12.1 Å². The number of hydrogen-bond donors (Lipinski definition) is 2. The highest BCUT2D eigenvalue weighted by Crippen LogP contribution is 2.36. The molecule has 0 amide bonds. The zero-order chi connectivity index (χ0) is 16.2. The van der Waals surface area contributed by atoms with E-state index in [0.717, 1.165) is 16.7 Å². The number of benzene rings is 2. The van der Waals surface area contributed by atoms with Crippen LogP contribution in [-0.4, -0.2) is 11.1 Å². The molecule has 0 aliphatic rings. The summed E-state index contributed by atoms with van der Waals surface area (Å²) in [6.45, 7) is 3.72. The second-order valence-corrected chi connectivity index (χ2v) is 5.86. The van der Waals surface area contributed by atoms with Crippen LogP contribution in [-0.2, 0) is 10.3 Å². The van der Waals surface area contributed by atoms with E-state index in [1.807, 2.05) is 49.4 Å². The van der Waals surface area contributed by atoms with Gasteiger partial charge in [-0.15, -0.1) is 0 Å². The minimum atomic E-state index is -0.805. The third-order valence-corrected chi connectivity index (χ3v) is 4.27. The first-order chi connectivity index (χ1) is 10.5. The van der Waals surface area contributed by atoms with Crippen molar-refractivity contribution in [2.75, 3.05) is 0 Å². The van der Waals surface area contributed by atoms with E-state index in [1.165, 1.54) is 0 Å². The Balaban J connectivity index is 2.48. The van der Waals surface area contributed by atoms with Gasteiger partial charge < -0.3 is 10.8 Å². The van der Waals surface area contributed by atoms with Gasteiger partial charge in [-0.3, -0.25) is 4.79 Å². The SMILES string of the molecule is CCC(N)(CC(C)C(=O)O)c1ccccc1-c1ccccc1. The molecule has 2 atom stereocenters. The Hall–Kier alpha value is -2.13. The number of carboxylic acid groups (broad SMARTS) is 1. The molecule has 3 N–H and O–H groups in total. The molecule has 2 aromatic rings. The zero-order valence-electron chi connectivity index (χ0n) is 13.1. The summed E-state index contributed by atoms with van der Waals surface area (Å²) in [4.78, 5) is 11.2. The van der Waals surface area contributed by atoms with E-state index >= 15 is 0 Å². The average molecular weight is 297 g/mol. The summed E-state index contributed by atoms with van der Waals surface area (Å²) in [5.41, 5.74) is 9.17. The first kappa shape index (κ1) is 16.2. The monoisotopic (exact) mass is 297 g/mol. The van der Waals surface area contributed by atoms with Crippen molar-refractivity contribution in [1.29, 1.82) is 0 Å². The summed E-state index contributed by atoms with van der Waals surface area (Å²) in [5.74, 6) is -1.28. The lowest BCUT2D eigenvalue weighted by molar-refractivity contribution is -0.141. The van der Waals surface area contributed by atoms with Crippen LogP contribution >= 0.6 is 0 Å². The standard InChI is InChI=1S/C19H23NO2/c1-3-19(20,13-14(2)18(21)22)17-12-8-7-11-16(17)15-9-5-4-6-10-15/h4-12,14H,3,13,20H2,1-2H3,(H,21,22). The van der Waals surface area contributed by atoms with E-state index < -0.39 is 17.4 Å². The predicted molar refractivity (Wildman–Crippen MR) is 89.5 cm³/mol. The van der Waals surface area contributed by atoms with E-state index in [-0.39, 0.29) is 0 Å². The summed E-state index contributed by atoms with van der Waals surface area (Å²) >= 11 is 0. The van der Waals surface area contributed by atoms with Crippen LogP contribution in [0.25, 0.3) is 11.1 Å². The molecule has 2 rings (SSSR count). The van der Waals surface area contributed by atoms with Crippen LogP contribution < -0.4 is 5.73 Å². The minimum Gasteiger partial charge on any atom is -0.481 e. The van der Waals surface area contributed by atoms with Gasteiger partial charge in [-0.25, -0.2) is 0 Å². The molecular formula is C19H23NO2. The molecule has 0 saturated heterocycles. The number of hydrogen-bond acceptors (Lipinski definition) is 2. The van der Waals surface area contributed by atoms with E-state index in [9.17, 15) is 9.90 Å². The van der Waals surface area contributed by atoms with E-state index in [0.29, 0.717) is 12.8 Å². The second kappa shape index (κ2) is 6.75. The van der Waals surface area contributed by atoms with Gasteiger partial charge in [0.25, 0.3) is 0 Å². The molecule has 0 saturated carbocycles. The van der Waals surface area contributed by atoms with Gasteiger partial charge in [0.05, 0.1) is 5.92 Å². The lowest BCUT2D eigenvalue weighted by atomic mass is 9.77. The fourth-order valence-corrected chi connectivity index (χ4v) is 2.87. The maximum atomic E-state index is 11.2. The molecule has 2 aromatic carbocycles. The van der Waals surface area contributed by atoms with Crippen molar-refractivity contribution in [3.8, 4) is 11.1 Å². The number of carboxylic acids is 1. The largest absolute Gasteiger partial charge is 0.481 e. The van der Waals surface area contributed by atoms with Crippen LogP contribution in [0, 0.1) is 5.92 Å². The Bertz CT molecular complexity index is 639. The normalized spacial score (nSPS) is 15.0. The summed E-state index contributed by atoms with van der Waals surface area (Å²) in [6.07, 6.45) is 1.11. The molecule has 0 fully saturated rings. The number of nitrogens with two attached hydrogens (primary N) is 1. The van der Waals surface area contributed by atoms with Gasteiger partial charge in [0.2, 0.25) is 0 Å². The Kier molecular flexibility index (Phi) is 4.99. The van der Waals surface area contributed by atoms with Gasteiger partial charge in [0, 0.05) is 5.54 Å². The first-order valence-electron chi connectivity index (χ1n) is 7.64. The molecule has 0 spiro atoms. The molecule has 3 heteroatoms. The molecule has 116 valence electrons. The molecule has 22 heavy (non-hydrogen) atoms. The maximum absolute atomic E-state index is 11.2. The highest BCUT2D eigenvalue weighted by atomic mass is 16.4.